The Hall–Kier alpha value is -1.14. The molecule has 18 heavy (non-hydrogen) atoms. The van der Waals surface area contributed by atoms with E-state index in [1.54, 1.807) is 12.1 Å². The molecule has 1 atom stereocenters. The quantitative estimate of drug-likeness (QED) is 0.694. The van der Waals surface area contributed by atoms with Gasteiger partial charge in [0.2, 0.25) is 0 Å². The van der Waals surface area contributed by atoms with Gasteiger partial charge in [0.15, 0.2) is 0 Å². The fraction of sp³-hybridized carbons (Fsp3) is 0.533. The summed E-state index contributed by atoms with van der Waals surface area (Å²) >= 11 is 1.99. The molecule has 1 unspecified atom stereocenters. The number of nitriles is 1. The van der Waals surface area contributed by atoms with E-state index in [9.17, 15) is 0 Å². The summed E-state index contributed by atoms with van der Waals surface area (Å²) in [6, 6.07) is 9.42. The molecule has 0 aliphatic rings. The topological polar surface area (TPSA) is 33.0 Å². The molecular formula is C15H21NOS. The summed E-state index contributed by atoms with van der Waals surface area (Å²) in [6.45, 7) is 7.49. The van der Waals surface area contributed by atoms with E-state index in [1.807, 2.05) is 23.9 Å². The first-order valence-corrected chi connectivity index (χ1v) is 7.43. The minimum absolute atomic E-state index is 0.648. The van der Waals surface area contributed by atoms with Gasteiger partial charge in [-0.3, -0.25) is 0 Å². The molecule has 0 radical (unpaired) electrons. The lowest BCUT2D eigenvalue weighted by atomic mass is 10.2. The Kier molecular flexibility index (Phi) is 6.67. The third-order valence-electron chi connectivity index (χ3n) is 2.84. The van der Waals surface area contributed by atoms with Gasteiger partial charge in [0, 0.05) is 5.25 Å². The van der Waals surface area contributed by atoms with Crippen LogP contribution in [0.3, 0.4) is 0 Å². The number of hydrogen-bond donors (Lipinski definition) is 0. The molecule has 1 aromatic rings. The van der Waals surface area contributed by atoms with Crippen molar-refractivity contribution in [1.82, 2.24) is 0 Å². The second-order valence-electron chi connectivity index (χ2n) is 4.66. The van der Waals surface area contributed by atoms with Crippen LogP contribution in [0.1, 0.15) is 32.8 Å². The molecule has 2 nitrogen and oxygen atoms in total. The van der Waals surface area contributed by atoms with Gasteiger partial charge in [0.05, 0.1) is 18.2 Å². The molecule has 0 bridgehead atoms. The second-order valence-corrected chi connectivity index (χ2v) is 6.15. The van der Waals surface area contributed by atoms with Crippen LogP contribution in [0.25, 0.3) is 0 Å². The van der Waals surface area contributed by atoms with Gasteiger partial charge in [0.1, 0.15) is 5.75 Å². The fourth-order valence-electron chi connectivity index (χ4n) is 1.37. The first-order chi connectivity index (χ1) is 8.63. The molecule has 0 aliphatic heterocycles. The maximum Gasteiger partial charge on any atom is 0.120 e. The molecular weight excluding hydrogens is 242 g/mol. The Morgan fingerprint density at radius 2 is 2.11 bits per heavy atom. The van der Waals surface area contributed by atoms with E-state index in [-0.39, 0.29) is 0 Å². The zero-order valence-electron chi connectivity index (χ0n) is 11.3. The Bertz CT molecular complexity index is 398. The summed E-state index contributed by atoms with van der Waals surface area (Å²) in [5.74, 6) is 2.64. The maximum atomic E-state index is 8.78. The molecule has 0 fully saturated rings. The van der Waals surface area contributed by atoms with Crippen molar-refractivity contribution < 1.29 is 4.74 Å². The van der Waals surface area contributed by atoms with Crippen LogP contribution < -0.4 is 4.74 Å². The smallest absolute Gasteiger partial charge is 0.120 e. The largest absolute Gasteiger partial charge is 0.494 e. The summed E-state index contributed by atoms with van der Waals surface area (Å²) in [5, 5.41) is 9.48. The molecule has 0 saturated heterocycles. The molecule has 0 N–H and O–H groups in total. The predicted molar refractivity (Wildman–Crippen MR) is 78.0 cm³/mol. The van der Waals surface area contributed by atoms with Crippen molar-refractivity contribution in [1.29, 1.82) is 5.26 Å². The molecule has 0 aliphatic carbocycles. The Morgan fingerprint density at radius 1 is 1.33 bits per heavy atom. The van der Waals surface area contributed by atoms with Crippen molar-refractivity contribution >= 4 is 11.8 Å². The highest BCUT2D eigenvalue weighted by atomic mass is 32.2. The lowest BCUT2D eigenvalue weighted by molar-refractivity contribution is 0.318. The summed E-state index contributed by atoms with van der Waals surface area (Å²) in [5.41, 5.74) is 0.648. The van der Waals surface area contributed by atoms with Crippen molar-refractivity contribution in [3.63, 3.8) is 0 Å². The third-order valence-corrected chi connectivity index (χ3v) is 4.43. The van der Waals surface area contributed by atoms with Gasteiger partial charge in [-0.15, -0.1) is 0 Å². The molecule has 0 aromatic heterocycles. The number of benzene rings is 1. The van der Waals surface area contributed by atoms with Crippen LogP contribution in [0.4, 0.5) is 0 Å². The SMILES string of the molecule is CC(C)C(C)SCCCOc1cccc(C#N)c1. The van der Waals surface area contributed by atoms with E-state index in [4.69, 9.17) is 10.00 Å². The number of rotatable bonds is 7. The normalized spacial score (nSPS) is 12.2. The van der Waals surface area contributed by atoms with E-state index in [0.29, 0.717) is 17.4 Å². The fourth-order valence-corrected chi connectivity index (χ4v) is 2.41. The molecule has 1 aromatic carbocycles. The van der Waals surface area contributed by atoms with E-state index in [0.717, 1.165) is 23.8 Å². The van der Waals surface area contributed by atoms with Gasteiger partial charge >= 0.3 is 0 Å². The average molecular weight is 263 g/mol. The van der Waals surface area contributed by atoms with Gasteiger partial charge in [-0.25, -0.2) is 0 Å². The monoisotopic (exact) mass is 263 g/mol. The molecule has 0 amide bonds. The number of ether oxygens (including phenoxy) is 1. The molecule has 3 heteroatoms. The standard InChI is InChI=1S/C15H21NOS/c1-12(2)13(3)18-9-5-8-17-15-7-4-6-14(10-15)11-16/h4,6-7,10,12-13H,5,8-9H2,1-3H3. The van der Waals surface area contributed by atoms with E-state index >= 15 is 0 Å². The van der Waals surface area contributed by atoms with E-state index in [1.165, 1.54) is 0 Å². The lowest BCUT2D eigenvalue weighted by Gasteiger charge is -2.14. The predicted octanol–water partition coefficient (Wildman–Crippen LogP) is 4.10. The highest BCUT2D eigenvalue weighted by Gasteiger charge is 2.06. The zero-order valence-corrected chi connectivity index (χ0v) is 12.2. The molecule has 0 saturated carbocycles. The molecule has 0 heterocycles. The van der Waals surface area contributed by atoms with Crippen LogP contribution in [0.15, 0.2) is 24.3 Å². The number of hydrogen-bond acceptors (Lipinski definition) is 3. The van der Waals surface area contributed by atoms with Gasteiger partial charge in [-0.05, 0) is 36.3 Å². The summed E-state index contributed by atoms with van der Waals surface area (Å²) < 4.78 is 5.63. The zero-order chi connectivity index (χ0) is 13.4. The van der Waals surface area contributed by atoms with Crippen LogP contribution in [-0.4, -0.2) is 17.6 Å². The Labute approximate surface area is 114 Å². The summed E-state index contributed by atoms with van der Waals surface area (Å²) in [4.78, 5) is 0. The highest BCUT2D eigenvalue weighted by Crippen LogP contribution is 2.19. The van der Waals surface area contributed by atoms with Crippen molar-refractivity contribution in [2.75, 3.05) is 12.4 Å². The van der Waals surface area contributed by atoms with Gasteiger partial charge in [0.25, 0.3) is 0 Å². The molecule has 0 spiro atoms. The minimum atomic E-state index is 0.648. The molecule has 98 valence electrons. The van der Waals surface area contributed by atoms with E-state index < -0.39 is 0 Å². The second kappa shape index (κ2) is 8.05. The lowest BCUT2D eigenvalue weighted by Crippen LogP contribution is -2.07. The number of nitrogens with zero attached hydrogens (tertiary/aromatic N) is 1. The third kappa shape index (κ3) is 5.46. The van der Waals surface area contributed by atoms with Crippen LogP contribution >= 0.6 is 11.8 Å². The van der Waals surface area contributed by atoms with Crippen LogP contribution in [0.5, 0.6) is 5.75 Å². The van der Waals surface area contributed by atoms with Gasteiger partial charge in [-0.1, -0.05) is 26.8 Å². The van der Waals surface area contributed by atoms with Crippen molar-refractivity contribution in [3.05, 3.63) is 29.8 Å². The highest BCUT2D eigenvalue weighted by molar-refractivity contribution is 7.99. The van der Waals surface area contributed by atoms with Crippen molar-refractivity contribution in [3.8, 4) is 11.8 Å². The average Bonchev–Trinajstić information content (AvgIpc) is 2.38. The summed E-state index contributed by atoms with van der Waals surface area (Å²) in [7, 11) is 0. The number of thioether (sulfide) groups is 1. The van der Waals surface area contributed by atoms with Crippen LogP contribution in [0, 0.1) is 17.2 Å². The van der Waals surface area contributed by atoms with E-state index in [2.05, 4.69) is 26.8 Å². The van der Waals surface area contributed by atoms with Crippen LogP contribution in [0.2, 0.25) is 0 Å². The van der Waals surface area contributed by atoms with Crippen molar-refractivity contribution in [2.45, 2.75) is 32.4 Å². The first-order valence-electron chi connectivity index (χ1n) is 6.38. The van der Waals surface area contributed by atoms with Gasteiger partial charge < -0.3 is 4.74 Å². The van der Waals surface area contributed by atoms with Gasteiger partial charge in [-0.2, -0.15) is 17.0 Å². The first kappa shape index (κ1) is 14.9. The minimum Gasteiger partial charge on any atom is -0.494 e. The molecule has 1 rings (SSSR count). The maximum absolute atomic E-state index is 8.78. The van der Waals surface area contributed by atoms with Crippen LogP contribution in [-0.2, 0) is 0 Å². The Balaban J connectivity index is 2.20. The summed E-state index contributed by atoms with van der Waals surface area (Å²) in [6.07, 6.45) is 1.04. The van der Waals surface area contributed by atoms with Crippen molar-refractivity contribution in [2.24, 2.45) is 5.92 Å². The Morgan fingerprint density at radius 3 is 2.78 bits per heavy atom.